The third-order valence-electron chi connectivity index (χ3n) is 3.49. The van der Waals surface area contributed by atoms with E-state index in [9.17, 15) is 4.79 Å². The molecule has 0 aliphatic heterocycles. The van der Waals surface area contributed by atoms with Crippen LogP contribution in [-0.2, 0) is 0 Å². The number of Topliss-reactive ketones (excluding diaryl/α,β-unsaturated/α-hetero) is 1. The highest BCUT2D eigenvalue weighted by atomic mass is 127. The molecule has 1 rings (SSSR count). The van der Waals surface area contributed by atoms with Gasteiger partial charge in [-0.15, -0.1) is 0 Å². The van der Waals surface area contributed by atoms with Crippen molar-refractivity contribution in [3.63, 3.8) is 0 Å². The fourth-order valence-electron chi connectivity index (χ4n) is 2.27. The van der Waals surface area contributed by atoms with Crippen molar-refractivity contribution >= 4 is 44.3 Å². The van der Waals surface area contributed by atoms with Gasteiger partial charge in [0, 0.05) is 20.0 Å². The van der Waals surface area contributed by atoms with E-state index in [0.29, 0.717) is 6.42 Å². The van der Waals surface area contributed by atoms with Gasteiger partial charge in [-0.25, -0.2) is 0 Å². The van der Waals surface area contributed by atoms with Gasteiger partial charge in [-0.1, -0.05) is 67.8 Å². The maximum atomic E-state index is 12.2. The Hall–Kier alpha value is 0.1000. The molecule has 0 aliphatic rings. The number of halogens is 2. The Bertz CT molecular complexity index is 417. The molecule has 1 aromatic rings. The van der Waals surface area contributed by atoms with E-state index in [1.54, 1.807) is 0 Å². The number of carbonyl (C=O) groups is 1. The minimum atomic E-state index is 0.265. The fraction of sp³-hybridized carbons (Fsp3) is 0.588. The van der Waals surface area contributed by atoms with E-state index in [1.807, 2.05) is 18.2 Å². The van der Waals surface area contributed by atoms with Crippen LogP contribution >= 0.6 is 38.5 Å². The van der Waals surface area contributed by atoms with E-state index in [2.05, 4.69) is 45.4 Å². The second-order valence-corrected chi connectivity index (χ2v) is 7.37. The minimum Gasteiger partial charge on any atom is -0.294 e. The van der Waals surface area contributed by atoms with Crippen LogP contribution in [0.3, 0.4) is 0 Å². The van der Waals surface area contributed by atoms with Crippen molar-refractivity contribution in [3.05, 3.63) is 31.8 Å². The first-order valence-corrected chi connectivity index (χ1v) is 9.50. The Kier molecular flexibility index (Phi) is 9.78. The van der Waals surface area contributed by atoms with Gasteiger partial charge >= 0.3 is 0 Å². The summed E-state index contributed by atoms with van der Waals surface area (Å²) < 4.78 is 2.03. The maximum absolute atomic E-state index is 12.2. The Labute approximate surface area is 145 Å². The monoisotopic (exact) mass is 450 g/mol. The summed E-state index contributed by atoms with van der Waals surface area (Å²) >= 11 is 5.71. The van der Waals surface area contributed by atoms with Gasteiger partial charge in [0.05, 0.1) is 0 Å². The van der Waals surface area contributed by atoms with Crippen molar-refractivity contribution in [1.29, 1.82) is 0 Å². The molecule has 0 spiro atoms. The summed E-state index contributed by atoms with van der Waals surface area (Å²) in [5, 5.41) is 0. The number of benzene rings is 1. The number of hydrogen-bond donors (Lipinski definition) is 0. The van der Waals surface area contributed by atoms with Gasteiger partial charge in [-0.2, -0.15) is 0 Å². The Morgan fingerprint density at radius 2 is 1.65 bits per heavy atom. The highest BCUT2D eigenvalue weighted by Crippen LogP contribution is 2.22. The molecule has 0 aliphatic carbocycles. The number of carbonyl (C=O) groups excluding carboxylic acids is 1. The van der Waals surface area contributed by atoms with Crippen molar-refractivity contribution in [1.82, 2.24) is 0 Å². The van der Waals surface area contributed by atoms with E-state index >= 15 is 0 Å². The molecule has 0 amide bonds. The van der Waals surface area contributed by atoms with Crippen LogP contribution in [0.4, 0.5) is 0 Å². The molecule has 0 unspecified atom stereocenters. The smallest absolute Gasteiger partial charge is 0.164 e. The topological polar surface area (TPSA) is 17.1 Å². The molecule has 1 aromatic carbocycles. The highest BCUT2D eigenvalue weighted by molar-refractivity contribution is 14.1. The molecule has 20 heavy (non-hydrogen) atoms. The average molecular weight is 451 g/mol. The van der Waals surface area contributed by atoms with Gasteiger partial charge in [0.25, 0.3) is 0 Å². The molecule has 0 N–H and O–H groups in total. The molecule has 0 atom stereocenters. The van der Waals surface area contributed by atoms with Crippen LogP contribution < -0.4 is 0 Å². The normalized spacial score (nSPS) is 10.8. The third-order valence-corrected chi connectivity index (χ3v) is 4.85. The van der Waals surface area contributed by atoms with Crippen LogP contribution in [0.1, 0.15) is 75.1 Å². The summed E-state index contributed by atoms with van der Waals surface area (Å²) in [5.41, 5.74) is 0.833. The summed E-state index contributed by atoms with van der Waals surface area (Å²) in [7, 11) is 0. The predicted molar refractivity (Wildman–Crippen MR) is 98.4 cm³/mol. The Morgan fingerprint density at radius 3 is 2.30 bits per heavy atom. The van der Waals surface area contributed by atoms with Crippen LogP contribution in [-0.4, -0.2) is 5.78 Å². The minimum absolute atomic E-state index is 0.265. The lowest BCUT2D eigenvalue weighted by atomic mass is 10.0. The largest absolute Gasteiger partial charge is 0.294 e. The first-order chi connectivity index (χ1) is 9.65. The number of unbranched alkanes of at least 4 members (excludes halogenated alkanes) is 7. The lowest BCUT2D eigenvalue weighted by Gasteiger charge is -2.05. The zero-order valence-electron chi connectivity index (χ0n) is 12.3. The summed E-state index contributed by atoms with van der Waals surface area (Å²) in [4.78, 5) is 12.2. The van der Waals surface area contributed by atoms with E-state index in [4.69, 9.17) is 0 Å². The zero-order chi connectivity index (χ0) is 14.8. The lowest BCUT2D eigenvalue weighted by molar-refractivity contribution is 0.0978. The Balaban J connectivity index is 2.18. The van der Waals surface area contributed by atoms with Crippen LogP contribution in [0.2, 0.25) is 0 Å². The van der Waals surface area contributed by atoms with Crippen LogP contribution in [0.15, 0.2) is 22.7 Å². The summed E-state index contributed by atoms with van der Waals surface area (Å²) in [6.45, 7) is 2.24. The van der Waals surface area contributed by atoms with Gasteiger partial charge in [0.1, 0.15) is 0 Å². The number of rotatable bonds is 10. The van der Waals surface area contributed by atoms with Crippen LogP contribution in [0, 0.1) is 3.57 Å². The van der Waals surface area contributed by atoms with Crippen LogP contribution in [0.5, 0.6) is 0 Å². The molecule has 0 heterocycles. The van der Waals surface area contributed by atoms with Gasteiger partial charge < -0.3 is 0 Å². The molecule has 0 saturated carbocycles. The fourth-order valence-corrected chi connectivity index (χ4v) is 3.22. The summed E-state index contributed by atoms with van der Waals surface area (Å²) in [6, 6.07) is 5.94. The number of hydrogen-bond acceptors (Lipinski definition) is 1. The van der Waals surface area contributed by atoms with Gasteiger partial charge in [-0.05, 0) is 47.2 Å². The first kappa shape index (κ1) is 18.1. The standard InChI is InChI=1S/C17H24BrIO/c1-2-3-4-5-6-7-8-9-10-17(20)15-13-14(19)11-12-16(15)18/h11-13H,2-10H2,1H3. The van der Waals surface area contributed by atoms with Gasteiger partial charge in [0.2, 0.25) is 0 Å². The predicted octanol–water partition coefficient (Wildman–Crippen LogP) is 6.77. The Morgan fingerprint density at radius 1 is 1.05 bits per heavy atom. The molecule has 1 nitrogen and oxygen atoms in total. The molecule has 3 heteroatoms. The van der Waals surface area contributed by atoms with Crippen molar-refractivity contribution in [3.8, 4) is 0 Å². The van der Waals surface area contributed by atoms with Crippen molar-refractivity contribution in [2.75, 3.05) is 0 Å². The first-order valence-electron chi connectivity index (χ1n) is 7.63. The molecule has 112 valence electrons. The molecule has 0 bridgehead atoms. The highest BCUT2D eigenvalue weighted by Gasteiger charge is 2.10. The van der Waals surface area contributed by atoms with Crippen molar-refractivity contribution < 1.29 is 4.79 Å². The van der Waals surface area contributed by atoms with Crippen molar-refractivity contribution in [2.45, 2.75) is 64.7 Å². The van der Waals surface area contributed by atoms with E-state index in [-0.39, 0.29) is 5.78 Å². The summed E-state index contributed by atoms with van der Waals surface area (Å²) in [5.74, 6) is 0.265. The SMILES string of the molecule is CCCCCCCCCCC(=O)c1cc(I)ccc1Br. The molecule has 0 radical (unpaired) electrons. The van der Waals surface area contributed by atoms with E-state index in [1.165, 1.54) is 44.9 Å². The molecular formula is C17H24BrIO. The third kappa shape index (κ3) is 7.21. The average Bonchev–Trinajstić information content (AvgIpc) is 2.44. The second-order valence-electron chi connectivity index (χ2n) is 5.27. The molecule has 0 fully saturated rings. The van der Waals surface area contributed by atoms with E-state index < -0.39 is 0 Å². The van der Waals surface area contributed by atoms with Gasteiger partial charge in [-0.3, -0.25) is 4.79 Å². The zero-order valence-corrected chi connectivity index (χ0v) is 16.0. The summed E-state index contributed by atoms with van der Waals surface area (Å²) in [6.07, 6.45) is 10.8. The maximum Gasteiger partial charge on any atom is 0.164 e. The molecule has 0 aromatic heterocycles. The second kappa shape index (κ2) is 10.8. The number of ketones is 1. The van der Waals surface area contributed by atoms with Crippen molar-refractivity contribution in [2.24, 2.45) is 0 Å². The van der Waals surface area contributed by atoms with Crippen LogP contribution in [0.25, 0.3) is 0 Å². The lowest BCUT2D eigenvalue weighted by Crippen LogP contribution is -2.00. The quantitative estimate of drug-likeness (QED) is 0.218. The van der Waals surface area contributed by atoms with E-state index in [0.717, 1.165) is 20.0 Å². The van der Waals surface area contributed by atoms with Gasteiger partial charge in [0.15, 0.2) is 5.78 Å². The molecular weight excluding hydrogens is 427 g/mol. The molecule has 0 saturated heterocycles.